The molecule has 7 nitrogen and oxygen atoms in total. The summed E-state index contributed by atoms with van der Waals surface area (Å²) in [7, 11) is 0. The van der Waals surface area contributed by atoms with Crippen LogP contribution in [0.5, 0.6) is 0 Å². The molecule has 2 saturated carbocycles. The van der Waals surface area contributed by atoms with Crippen LogP contribution in [0.3, 0.4) is 0 Å². The van der Waals surface area contributed by atoms with Crippen molar-refractivity contribution in [2.75, 3.05) is 19.8 Å². The van der Waals surface area contributed by atoms with Gasteiger partial charge in [0.1, 0.15) is 18.3 Å². The lowest BCUT2D eigenvalue weighted by Crippen LogP contribution is -2.29. The first-order valence-electron chi connectivity index (χ1n) is 10.1. The van der Waals surface area contributed by atoms with Gasteiger partial charge in [-0.1, -0.05) is 21.8 Å². The van der Waals surface area contributed by atoms with Crippen molar-refractivity contribution in [1.29, 1.82) is 0 Å². The molecular weight excluding hydrogens is 364 g/mol. The summed E-state index contributed by atoms with van der Waals surface area (Å²) in [6.07, 6.45) is 8.61. The summed E-state index contributed by atoms with van der Waals surface area (Å²) in [5.74, 6) is -0.811. The molecule has 3 N–H and O–H groups in total. The molecule has 0 aromatic carbocycles. The molecule has 4 atom stereocenters. The van der Waals surface area contributed by atoms with Crippen LogP contribution in [0.2, 0.25) is 0 Å². The van der Waals surface area contributed by atoms with Gasteiger partial charge in [-0.15, -0.1) is 0 Å². The number of hydrogen-bond donors (Lipinski definition) is 3. The molecule has 2 saturated heterocycles. The van der Waals surface area contributed by atoms with Gasteiger partial charge in [0.2, 0.25) is 0 Å². The monoisotopic (exact) mass is 406 g/mol. The topological polar surface area (TPSA) is 97.6 Å². The lowest BCUT2D eigenvalue weighted by atomic mass is 10.2. The average molecular weight is 407 g/mol. The summed E-state index contributed by atoms with van der Waals surface area (Å²) in [5, 5.41) is 27.1. The third-order valence-corrected chi connectivity index (χ3v) is 5.97. The Morgan fingerprint density at radius 2 is 0.893 bits per heavy atom. The standard InChI is InChI=1S/C10H18O3.C9H16O4.2CH4/c1-2-8-9(7-11)13-10(12-8)5-3-4-6-10;10-5-7-8(6-11)13-9(12-7)3-1-2-4-9;;/h8-9,11H,2-7H2,1H3;7-8,10-11H,1-6H2;2*1H4/t8-,9-;7-,8-;;/m00../s1. The Kier molecular flexibility index (Phi) is 10.3. The smallest absolute Gasteiger partial charge is 0.169 e. The molecule has 7 heteroatoms. The highest BCUT2D eigenvalue weighted by molar-refractivity contribution is 4.89. The molecule has 28 heavy (non-hydrogen) atoms. The number of aliphatic hydroxyl groups excluding tert-OH is 3. The third kappa shape index (κ3) is 5.45. The summed E-state index contributed by atoms with van der Waals surface area (Å²) >= 11 is 0. The van der Waals surface area contributed by atoms with Gasteiger partial charge in [0.25, 0.3) is 0 Å². The van der Waals surface area contributed by atoms with Crippen LogP contribution in [0, 0.1) is 0 Å². The Bertz CT molecular complexity index is 364. The van der Waals surface area contributed by atoms with E-state index in [0.717, 1.165) is 44.9 Å². The van der Waals surface area contributed by atoms with E-state index < -0.39 is 5.79 Å². The Labute approximate surface area is 170 Å². The van der Waals surface area contributed by atoms with Crippen molar-refractivity contribution in [2.24, 2.45) is 0 Å². The van der Waals surface area contributed by atoms with E-state index in [4.69, 9.17) is 34.3 Å². The van der Waals surface area contributed by atoms with Crippen LogP contribution in [0.25, 0.3) is 0 Å². The fraction of sp³-hybridized carbons (Fsp3) is 1.00. The Balaban J connectivity index is 0.000000261. The Morgan fingerprint density at radius 1 is 0.607 bits per heavy atom. The normalized spacial score (nSPS) is 34.7. The van der Waals surface area contributed by atoms with Gasteiger partial charge in [-0.3, -0.25) is 0 Å². The highest BCUT2D eigenvalue weighted by Gasteiger charge is 2.49. The van der Waals surface area contributed by atoms with Crippen molar-refractivity contribution in [2.45, 2.75) is 116 Å². The second-order valence-corrected chi connectivity index (χ2v) is 7.82. The molecule has 2 aliphatic carbocycles. The average Bonchev–Trinajstić information content (AvgIpc) is 3.45. The first kappa shape index (κ1) is 25.8. The lowest BCUT2D eigenvalue weighted by Gasteiger charge is -2.21. The maximum atomic E-state index is 9.11. The maximum Gasteiger partial charge on any atom is 0.169 e. The van der Waals surface area contributed by atoms with E-state index in [-0.39, 0.29) is 64.9 Å². The van der Waals surface area contributed by atoms with Crippen molar-refractivity contribution >= 4 is 0 Å². The van der Waals surface area contributed by atoms with Crippen molar-refractivity contribution in [3.63, 3.8) is 0 Å². The quantitative estimate of drug-likeness (QED) is 0.660. The van der Waals surface area contributed by atoms with Crippen LogP contribution in [0.4, 0.5) is 0 Å². The largest absolute Gasteiger partial charge is 0.394 e. The minimum atomic E-state index is -0.485. The molecule has 0 radical (unpaired) electrons. The fourth-order valence-electron chi connectivity index (χ4n) is 4.57. The van der Waals surface area contributed by atoms with E-state index >= 15 is 0 Å². The van der Waals surface area contributed by atoms with Crippen LogP contribution in [0.15, 0.2) is 0 Å². The first-order valence-corrected chi connectivity index (χ1v) is 10.1. The SMILES string of the molecule is C.C.CC[C@@H]1OC2(CCCC2)O[C@H]1CO.OC[C@@H]1OC2(CCCC2)O[C@H]1CO. The summed E-state index contributed by atoms with van der Waals surface area (Å²) in [4.78, 5) is 0. The summed E-state index contributed by atoms with van der Waals surface area (Å²) in [6, 6.07) is 0. The van der Waals surface area contributed by atoms with Crippen LogP contribution >= 0.6 is 0 Å². The molecule has 4 rings (SSSR count). The van der Waals surface area contributed by atoms with Gasteiger partial charge in [-0.2, -0.15) is 0 Å². The van der Waals surface area contributed by atoms with Crippen LogP contribution < -0.4 is 0 Å². The van der Waals surface area contributed by atoms with Gasteiger partial charge in [0.05, 0.1) is 25.9 Å². The maximum absolute atomic E-state index is 9.11. The Hall–Kier alpha value is -0.280. The van der Waals surface area contributed by atoms with E-state index in [1.165, 1.54) is 12.8 Å². The van der Waals surface area contributed by atoms with Gasteiger partial charge in [-0.25, -0.2) is 0 Å². The molecule has 2 heterocycles. The van der Waals surface area contributed by atoms with Crippen molar-refractivity contribution in [1.82, 2.24) is 0 Å². The minimum absolute atomic E-state index is 0. The molecule has 0 bridgehead atoms. The van der Waals surface area contributed by atoms with Crippen LogP contribution in [-0.2, 0) is 18.9 Å². The lowest BCUT2D eigenvalue weighted by molar-refractivity contribution is -0.173. The third-order valence-electron chi connectivity index (χ3n) is 5.97. The van der Waals surface area contributed by atoms with Crippen molar-refractivity contribution in [3.8, 4) is 0 Å². The molecule has 0 unspecified atom stereocenters. The minimum Gasteiger partial charge on any atom is -0.394 e. The molecule has 2 spiro atoms. The summed E-state index contributed by atoms with van der Waals surface area (Å²) < 4.78 is 22.9. The van der Waals surface area contributed by atoms with Gasteiger partial charge < -0.3 is 34.3 Å². The van der Waals surface area contributed by atoms with Crippen LogP contribution in [-0.4, -0.2) is 71.1 Å². The zero-order valence-electron chi connectivity index (χ0n) is 15.8. The van der Waals surface area contributed by atoms with E-state index in [1.807, 2.05) is 0 Å². The van der Waals surface area contributed by atoms with E-state index in [9.17, 15) is 0 Å². The molecular formula is C21H42O7. The molecule has 0 aromatic heterocycles. The molecule has 0 aromatic rings. The second-order valence-electron chi connectivity index (χ2n) is 7.82. The van der Waals surface area contributed by atoms with Gasteiger partial charge >= 0.3 is 0 Å². The summed E-state index contributed by atoms with van der Waals surface area (Å²) in [5.41, 5.74) is 0. The van der Waals surface area contributed by atoms with E-state index in [1.54, 1.807) is 0 Å². The Morgan fingerprint density at radius 3 is 1.14 bits per heavy atom. The fourth-order valence-corrected chi connectivity index (χ4v) is 4.57. The van der Waals surface area contributed by atoms with Gasteiger partial charge in [0, 0.05) is 25.7 Å². The van der Waals surface area contributed by atoms with Gasteiger partial charge in [-0.05, 0) is 32.1 Å². The first-order chi connectivity index (χ1) is 12.6. The van der Waals surface area contributed by atoms with Crippen molar-refractivity contribution < 1.29 is 34.3 Å². The van der Waals surface area contributed by atoms with Crippen molar-refractivity contribution in [3.05, 3.63) is 0 Å². The zero-order valence-corrected chi connectivity index (χ0v) is 15.8. The molecule has 168 valence electrons. The predicted molar refractivity (Wildman–Crippen MR) is 107 cm³/mol. The van der Waals surface area contributed by atoms with E-state index in [2.05, 4.69) is 6.92 Å². The molecule has 0 amide bonds. The molecule has 2 aliphatic heterocycles. The van der Waals surface area contributed by atoms with Gasteiger partial charge in [0.15, 0.2) is 11.6 Å². The highest BCUT2D eigenvalue weighted by Crippen LogP contribution is 2.43. The zero-order chi connectivity index (χ0) is 18.6. The number of aliphatic hydroxyl groups is 3. The number of rotatable bonds is 4. The number of hydrogen-bond acceptors (Lipinski definition) is 7. The van der Waals surface area contributed by atoms with Crippen LogP contribution in [0.1, 0.15) is 79.6 Å². The van der Waals surface area contributed by atoms with E-state index in [0.29, 0.717) is 0 Å². The molecule has 4 aliphatic rings. The second kappa shape index (κ2) is 11.2. The molecule has 4 fully saturated rings. The number of ether oxygens (including phenoxy) is 4. The summed E-state index contributed by atoms with van der Waals surface area (Å²) in [6.45, 7) is 2.00. The predicted octanol–water partition coefficient (Wildman–Crippen LogP) is 2.74. The highest BCUT2D eigenvalue weighted by atomic mass is 16.8.